The first kappa shape index (κ1) is 17.3. The van der Waals surface area contributed by atoms with Crippen molar-refractivity contribution in [3.8, 4) is 11.5 Å². The van der Waals surface area contributed by atoms with E-state index in [1.165, 1.54) is 12.1 Å². The molecule has 132 valence electrons. The molecule has 4 nitrogen and oxygen atoms in total. The van der Waals surface area contributed by atoms with Gasteiger partial charge >= 0.3 is 6.18 Å². The first-order chi connectivity index (χ1) is 11.8. The maximum Gasteiger partial charge on any atom is 0.416 e. The Morgan fingerprint density at radius 2 is 1.88 bits per heavy atom. The summed E-state index contributed by atoms with van der Waals surface area (Å²) in [6.45, 7) is 2.08. The van der Waals surface area contributed by atoms with Gasteiger partial charge in [-0.25, -0.2) is 0 Å². The average molecular weight is 368 g/mol. The van der Waals surface area contributed by atoms with Crippen molar-refractivity contribution >= 4 is 23.0 Å². The lowest BCUT2D eigenvalue weighted by molar-refractivity contribution is -0.137. The highest BCUT2D eigenvalue weighted by Crippen LogP contribution is 2.34. The summed E-state index contributed by atoms with van der Waals surface area (Å²) in [6, 6.07) is 10.2. The summed E-state index contributed by atoms with van der Waals surface area (Å²) in [6.07, 6.45) is -4.40. The Hall–Kier alpha value is -2.48. The van der Waals surface area contributed by atoms with Crippen LogP contribution in [0.15, 0.2) is 42.5 Å². The summed E-state index contributed by atoms with van der Waals surface area (Å²) in [5, 5.41) is 6.03. The number of nitrogens with one attached hydrogen (secondary N) is 2. The van der Waals surface area contributed by atoms with Crippen molar-refractivity contribution in [1.29, 1.82) is 0 Å². The fourth-order valence-corrected chi connectivity index (χ4v) is 2.70. The highest BCUT2D eigenvalue weighted by Gasteiger charge is 2.30. The number of ether oxygens (including phenoxy) is 2. The molecule has 0 bridgehead atoms. The first-order valence-corrected chi connectivity index (χ1v) is 7.88. The van der Waals surface area contributed by atoms with Crippen LogP contribution in [-0.2, 0) is 6.18 Å². The quantitative estimate of drug-likeness (QED) is 0.782. The Morgan fingerprint density at radius 3 is 2.64 bits per heavy atom. The van der Waals surface area contributed by atoms with E-state index in [0.717, 1.165) is 17.7 Å². The van der Waals surface area contributed by atoms with E-state index in [0.29, 0.717) is 11.5 Å². The molecule has 1 aliphatic heterocycles. The van der Waals surface area contributed by atoms with Crippen LogP contribution in [0.25, 0.3) is 0 Å². The SMILES string of the molecule is C[C@H](NC(=S)Nc1cccc(C(F)(F)F)c1)c1ccc2c(c1)OCO2. The number of alkyl halides is 3. The van der Waals surface area contributed by atoms with Crippen molar-refractivity contribution in [1.82, 2.24) is 5.32 Å². The van der Waals surface area contributed by atoms with Gasteiger partial charge in [0, 0.05) is 5.69 Å². The topological polar surface area (TPSA) is 42.5 Å². The van der Waals surface area contributed by atoms with Crippen molar-refractivity contribution in [2.24, 2.45) is 0 Å². The second-order valence-corrected chi connectivity index (χ2v) is 5.92. The Kier molecular flexibility index (Phi) is 4.71. The summed E-state index contributed by atoms with van der Waals surface area (Å²) in [5.74, 6) is 1.34. The van der Waals surface area contributed by atoms with Crippen LogP contribution in [0.1, 0.15) is 24.1 Å². The summed E-state index contributed by atoms with van der Waals surface area (Å²) in [4.78, 5) is 0. The summed E-state index contributed by atoms with van der Waals surface area (Å²) >= 11 is 5.19. The van der Waals surface area contributed by atoms with Gasteiger partial charge in [0.25, 0.3) is 0 Å². The van der Waals surface area contributed by atoms with Crippen LogP contribution in [0.4, 0.5) is 18.9 Å². The van der Waals surface area contributed by atoms with Crippen LogP contribution in [0, 0.1) is 0 Å². The second-order valence-electron chi connectivity index (χ2n) is 5.51. The highest BCUT2D eigenvalue weighted by molar-refractivity contribution is 7.80. The Morgan fingerprint density at radius 1 is 1.12 bits per heavy atom. The molecule has 1 atom stereocenters. The van der Waals surface area contributed by atoms with Gasteiger partial charge in [-0.3, -0.25) is 0 Å². The van der Waals surface area contributed by atoms with E-state index in [9.17, 15) is 13.2 Å². The van der Waals surface area contributed by atoms with Crippen molar-refractivity contribution in [2.45, 2.75) is 19.1 Å². The van der Waals surface area contributed by atoms with E-state index >= 15 is 0 Å². The van der Waals surface area contributed by atoms with Gasteiger partial charge in [-0.05, 0) is 55.0 Å². The fourth-order valence-electron chi connectivity index (χ4n) is 2.40. The average Bonchev–Trinajstić information content (AvgIpc) is 3.01. The Labute approximate surface area is 147 Å². The molecular formula is C17H15F3N2O2S. The third kappa shape index (κ3) is 4.14. The molecule has 3 rings (SSSR count). The summed E-state index contributed by atoms with van der Waals surface area (Å²) in [7, 11) is 0. The summed E-state index contributed by atoms with van der Waals surface area (Å²) < 4.78 is 48.8. The molecule has 0 radical (unpaired) electrons. The van der Waals surface area contributed by atoms with Crippen LogP contribution < -0.4 is 20.1 Å². The lowest BCUT2D eigenvalue weighted by Crippen LogP contribution is -2.31. The van der Waals surface area contributed by atoms with Gasteiger partial charge in [-0.15, -0.1) is 0 Å². The van der Waals surface area contributed by atoms with E-state index in [1.807, 2.05) is 19.1 Å². The third-order valence-corrected chi connectivity index (χ3v) is 3.91. The van der Waals surface area contributed by atoms with Crippen LogP contribution in [0.2, 0.25) is 0 Å². The number of fused-ring (bicyclic) bond motifs is 1. The number of rotatable bonds is 3. The fraction of sp³-hybridized carbons (Fsp3) is 0.235. The number of hydrogen-bond donors (Lipinski definition) is 2. The van der Waals surface area contributed by atoms with Crippen LogP contribution in [-0.4, -0.2) is 11.9 Å². The zero-order chi connectivity index (χ0) is 18.0. The molecular weight excluding hydrogens is 353 g/mol. The molecule has 1 heterocycles. The minimum Gasteiger partial charge on any atom is -0.454 e. The molecule has 0 amide bonds. The molecule has 25 heavy (non-hydrogen) atoms. The molecule has 2 N–H and O–H groups in total. The molecule has 0 spiro atoms. The zero-order valence-electron chi connectivity index (χ0n) is 13.2. The predicted molar refractivity (Wildman–Crippen MR) is 91.8 cm³/mol. The maximum absolute atomic E-state index is 12.7. The summed E-state index contributed by atoms with van der Waals surface area (Å²) in [5.41, 5.74) is 0.451. The maximum atomic E-state index is 12.7. The van der Waals surface area contributed by atoms with Crippen LogP contribution in [0.5, 0.6) is 11.5 Å². The standard InChI is InChI=1S/C17H15F3N2O2S/c1-10(11-5-6-14-15(7-11)24-9-23-14)21-16(25)22-13-4-2-3-12(8-13)17(18,19)20/h2-8,10H,9H2,1H3,(H2,21,22,25)/t10-/m0/s1. The molecule has 0 fully saturated rings. The van der Waals surface area contributed by atoms with E-state index in [4.69, 9.17) is 21.7 Å². The van der Waals surface area contributed by atoms with Crippen LogP contribution >= 0.6 is 12.2 Å². The van der Waals surface area contributed by atoms with Gasteiger partial charge < -0.3 is 20.1 Å². The van der Waals surface area contributed by atoms with Gasteiger partial charge in [0.2, 0.25) is 6.79 Å². The van der Waals surface area contributed by atoms with E-state index < -0.39 is 11.7 Å². The molecule has 1 aliphatic rings. The smallest absolute Gasteiger partial charge is 0.416 e. The molecule has 0 unspecified atom stereocenters. The minimum atomic E-state index is -4.40. The Balaban J connectivity index is 1.64. The zero-order valence-corrected chi connectivity index (χ0v) is 14.0. The van der Waals surface area contributed by atoms with Crippen molar-refractivity contribution in [3.63, 3.8) is 0 Å². The van der Waals surface area contributed by atoms with Gasteiger partial charge in [0.15, 0.2) is 16.6 Å². The van der Waals surface area contributed by atoms with Gasteiger partial charge in [-0.1, -0.05) is 12.1 Å². The van der Waals surface area contributed by atoms with Crippen LogP contribution in [0.3, 0.4) is 0 Å². The second kappa shape index (κ2) is 6.79. The molecule has 2 aromatic rings. The molecule has 0 aliphatic carbocycles. The number of halogens is 3. The van der Waals surface area contributed by atoms with Crippen molar-refractivity contribution in [2.75, 3.05) is 12.1 Å². The number of hydrogen-bond acceptors (Lipinski definition) is 3. The normalized spacial score (nSPS) is 14.1. The largest absolute Gasteiger partial charge is 0.454 e. The Bertz CT molecular complexity index is 796. The third-order valence-electron chi connectivity index (χ3n) is 3.69. The van der Waals surface area contributed by atoms with Crippen molar-refractivity contribution in [3.05, 3.63) is 53.6 Å². The molecule has 8 heteroatoms. The minimum absolute atomic E-state index is 0.166. The van der Waals surface area contributed by atoms with Gasteiger partial charge in [-0.2, -0.15) is 13.2 Å². The number of benzene rings is 2. The van der Waals surface area contributed by atoms with Gasteiger partial charge in [0.05, 0.1) is 11.6 Å². The lowest BCUT2D eigenvalue weighted by Gasteiger charge is -2.18. The first-order valence-electron chi connectivity index (χ1n) is 7.47. The highest BCUT2D eigenvalue weighted by atomic mass is 32.1. The number of anilines is 1. The lowest BCUT2D eigenvalue weighted by atomic mass is 10.1. The van der Waals surface area contributed by atoms with Gasteiger partial charge in [0.1, 0.15) is 0 Å². The molecule has 2 aromatic carbocycles. The molecule has 0 aromatic heterocycles. The predicted octanol–water partition coefficient (Wildman–Crippen LogP) is 4.48. The van der Waals surface area contributed by atoms with E-state index in [1.54, 1.807) is 6.07 Å². The van der Waals surface area contributed by atoms with Crippen molar-refractivity contribution < 1.29 is 22.6 Å². The molecule has 0 saturated heterocycles. The number of thiocarbonyl (C=S) groups is 1. The van der Waals surface area contributed by atoms with E-state index in [-0.39, 0.29) is 23.6 Å². The monoisotopic (exact) mass is 368 g/mol. The molecule has 0 saturated carbocycles. The van der Waals surface area contributed by atoms with E-state index in [2.05, 4.69) is 10.6 Å².